The minimum absolute atomic E-state index is 0.0217. The summed E-state index contributed by atoms with van der Waals surface area (Å²) >= 11 is 2.01. The van der Waals surface area contributed by atoms with E-state index in [9.17, 15) is 24.3 Å². The molecule has 7 rings (SSSR count). The van der Waals surface area contributed by atoms with E-state index in [1.165, 1.54) is 18.1 Å². The number of nitrogens with zero attached hydrogens (tertiary/aromatic N) is 4. The molecule has 4 aliphatic rings. The van der Waals surface area contributed by atoms with Gasteiger partial charge in [-0.05, 0) is 121 Å². The Morgan fingerprint density at radius 3 is 2.20 bits per heavy atom. The molecule has 2 amide bonds. The number of fused-ring (bicyclic) bond motifs is 3. The average Bonchev–Trinajstić information content (AvgIpc) is 3.36. The molecule has 10 nitrogen and oxygen atoms in total. The fourth-order valence-electron chi connectivity index (χ4n) is 7.51. The topological polar surface area (TPSA) is 129 Å². The number of ketones is 2. The number of azo groups is 1. The number of methoxy groups -OCH3 is 1. The number of imide groups is 1. The molecular formula is C38H33IN4O6. The maximum absolute atomic E-state index is 14.3. The van der Waals surface area contributed by atoms with Crippen LogP contribution in [0.1, 0.15) is 31.2 Å². The minimum Gasteiger partial charge on any atom is -0.504 e. The minimum atomic E-state index is -0.707. The van der Waals surface area contributed by atoms with Gasteiger partial charge in [0.1, 0.15) is 0 Å². The Morgan fingerprint density at radius 1 is 0.918 bits per heavy atom. The Labute approximate surface area is 297 Å². The van der Waals surface area contributed by atoms with Crippen molar-refractivity contribution in [3.63, 3.8) is 0 Å². The highest BCUT2D eigenvalue weighted by Crippen LogP contribution is 2.56. The van der Waals surface area contributed by atoms with Crippen molar-refractivity contribution in [2.45, 2.75) is 25.7 Å². The highest BCUT2D eigenvalue weighted by atomic mass is 127. The second-order valence-corrected chi connectivity index (χ2v) is 14.1. The van der Waals surface area contributed by atoms with Gasteiger partial charge in [0.25, 0.3) is 0 Å². The van der Waals surface area contributed by atoms with E-state index in [1.54, 1.807) is 43.3 Å². The van der Waals surface area contributed by atoms with E-state index < -0.39 is 23.7 Å². The molecule has 0 aromatic heterocycles. The van der Waals surface area contributed by atoms with Crippen molar-refractivity contribution in [1.29, 1.82) is 0 Å². The van der Waals surface area contributed by atoms with Crippen LogP contribution in [0.4, 0.5) is 22.7 Å². The molecule has 49 heavy (non-hydrogen) atoms. The molecule has 0 unspecified atom stereocenters. The molecule has 1 aliphatic heterocycles. The summed E-state index contributed by atoms with van der Waals surface area (Å²) in [6, 6.07) is 17.9. The highest BCUT2D eigenvalue weighted by Gasteiger charge is 2.56. The van der Waals surface area contributed by atoms with E-state index in [1.807, 2.05) is 71.9 Å². The largest absolute Gasteiger partial charge is 0.504 e. The molecule has 1 N–H and O–H groups in total. The lowest BCUT2D eigenvalue weighted by Gasteiger charge is -2.42. The van der Waals surface area contributed by atoms with Gasteiger partial charge in [-0.2, -0.15) is 10.2 Å². The number of Topliss-reactive ketones (excluding diaryl/α,β-unsaturated/α-hetero) is 1. The summed E-state index contributed by atoms with van der Waals surface area (Å²) < 4.78 is 5.97. The monoisotopic (exact) mass is 768 g/mol. The van der Waals surface area contributed by atoms with E-state index in [-0.39, 0.29) is 41.3 Å². The third kappa shape index (κ3) is 5.49. The smallest absolute Gasteiger partial charge is 0.238 e. The molecule has 4 atom stereocenters. The van der Waals surface area contributed by atoms with Crippen molar-refractivity contribution in [3.05, 3.63) is 104 Å². The van der Waals surface area contributed by atoms with Gasteiger partial charge in [0.15, 0.2) is 23.1 Å². The van der Waals surface area contributed by atoms with Crippen LogP contribution in [0.5, 0.6) is 11.5 Å². The van der Waals surface area contributed by atoms with Crippen molar-refractivity contribution in [3.8, 4) is 11.5 Å². The number of carbonyl (C=O) groups excluding carboxylic acids is 4. The van der Waals surface area contributed by atoms with Gasteiger partial charge in [-0.3, -0.25) is 24.1 Å². The molecule has 3 aliphatic carbocycles. The number of halogens is 1. The molecule has 248 valence electrons. The number of rotatable bonds is 6. The SMILES string of the molecule is COc1cc([C@H]2C3=CC[C@@H]4C(=O)N(c5ccc(N=Nc6ccc(N(C)C)cc6)cc5)C(=O)[C@@H]4[C@@H]3CC3=C2C(=O)C(C)=CC3=O)cc(I)c1O. The van der Waals surface area contributed by atoms with Crippen LogP contribution in [0.2, 0.25) is 0 Å². The Bertz CT molecular complexity index is 2060. The number of ether oxygens (including phenoxy) is 1. The normalized spacial score (nSPS) is 23.3. The van der Waals surface area contributed by atoms with Crippen LogP contribution in [-0.2, 0) is 19.2 Å². The maximum Gasteiger partial charge on any atom is 0.238 e. The van der Waals surface area contributed by atoms with Crippen molar-refractivity contribution in [2.24, 2.45) is 28.0 Å². The second kappa shape index (κ2) is 12.5. The van der Waals surface area contributed by atoms with Crippen LogP contribution in [0, 0.1) is 21.3 Å². The fourth-order valence-corrected chi connectivity index (χ4v) is 8.14. The third-order valence-electron chi connectivity index (χ3n) is 9.92. The first-order valence-corrected chi connectivity index (χ1v) is 17.0. The Hall–Kier alpha value is -4.91. The van der Waals surface area contributed by atoms with Crippen molar-refractivity contribution in [1.82, 2.24) is 0 Å². The first-order valence-electron chi connectivity index (χ1n) is 15.9. The molecule has 1 heterocycles. The van der Waals surface area contributed by atoms with Gasteiger partial charge in [-0.25, -0.2) is 0 Å². The Morgan fingerprint density at radius 2 is 1.57 bits per heavy atom. The number of hydrogen-bond donors (Lipinski definition) is 1. The van der Waals surface area contributed by atoms with Crippen LogP contribution in [0.25, 0.3) is 0 Å². The molecule has 1 saturated heterocycles. The average molecular weight is 769 g/mol. The molecule has 0 radical (unpaired) electrons. The van der Waals surface area contributed by atoms with Crippen molar-refractivity contribution < 1.29 is 29.0 Å². The van der Waals surface area contributed by atoms with Gasteiger partial charge in [0, 0.05) is 42.4 Å². The molecule has 0 saturated carbocycles. The summed E-state index contributed by atoms with van der Waals surface area (Å²) in [4.78, 5) is 58.6. The van der Waals surface area contributed by atoms with E-state index in [2.05, 4.69) is 10.2 Å². The van der Waals surface area contributed by atoms with Crippen LogP contribution < -0.4 is 14.5 Å². The molecule has 1 fully saturated rings. The summed E-state index contributed by atoms with van der Waals surface area (Å²) in [6.45, 7) is 1.63. The van der Waals surface area contributed by atoms with E-state index in [4.69, 9.17) is 4.74 Å². The quantitative estimate of drug-likeness (QED) is 0.0930. The van der Waals surface area contributed by atoms with E-state index >= 15 is 0 Å². The number of carbonyl (C=O) groups is 4. The molecule has 0 bridgehead atoms. The molecule has 3 aromatic carbocycles. The standard InChI is InChI=1S/C38H33IN4O6/c1-19-15-30(44)28-18-27-25(32(34(28)35(19)45)20-16-29(39)36(46)31(17-20)49-4)13-14-26-33(27)38(48)43(37(26)47)24-11-7-22(8-12-24)41-40-21-5-9-23(10-6-21)42(2)3/h5-13,15-17,26-27,32-33,46H,14,18H2,1-4H3/t26-,27+,32-,33-/m0/s1. The van der Waals surface area contributed by atoms with Gasteiger partial charge in [0.05, 0.1) is 39.6 Å². The molecule has 11 heteroatoms. The predicted molar refractivity (Wildman–Crippen MR) is 193 cm³/mol. The second-order valence-electron chi connectivity index (χ2n) is 12.9. The number of allylic oxidation sites excluding steroid dienone is 6. The Kier molecular flexibility index (Phi) is 8.34. The maximum atomic E-state index is 14.3. The zero-order valence-corrected chi connectivity index (χ0v) is 29.5. The fraction of sp³-hybridized carbons (Fsp3) is 0.263. The predicted octanol–water partition coefficient (Wildman–Crippen LogP) is 7.12. The number of hydrogen-bond acceptors (Lipinski definition) is 9. The van der Waals surface area contributed by atoms with Gasteiger partial charge < -0.3 is 14.7 Å². The van der Waals surface area contributed by atoms with Crippen LogP contribution >= 0.6 is 22.6 Å². The lowest BCUT2D eigenvalue weighted by molar-refractivity contribution is -0.123. The number of phenols is 1. The molecule has 3 aromatic rings. The summed E-state index contributed by atoms with van der Waals surface area (Å²) in [7, 11) is 5.38. The summed E-state index contributed by atoms with van der Waals surface area (Å²) in [5.41, 5.74) is 5.36. The zero-order chi connectivity index (χ0) is 34.7. The van der Waals surface area contributed by atoms with Crippen LogP contribution in [-0.4, -0.2) is 49.7 Å². The van der Waals surface area contributed by atoms with Gasteiger partial charge in [-0.15, -0.1) is 0 Å². The van der Waals surface area contributed by atoms with E-state index in [0.29, 0.717) is 49.3 Å². The van der Waals surface area contributed by atoms with E-state index in [0.717, 1.165) is 11.3 Å². The summed E-state index contributed by atoms with van der Waals surface area (Å²) in [6.07, 6.45) is 3.83. The zero-order valence-electron chi connectivity index (χ0n) is 27.3. The lowest BCUT2D eigenvalue weighted by Crippen LogP contribution is -2.39. The molecular weight excluding hydrogens is 735 g/mol. The number of amides is 2. The lowest BCUT2D eigenvalue weighted by atomic mass is 9.59. The van der Waals surface area contributed by atoms with Crippen molar-refractivity contribution >= 4 is 68.7 Å². The first-order chi connectivity index (χ1) is 23.5. The van der Waals surface area contributed by atoms with Gasteiger partial charge >= 0.3 is 0 Å². The van der Waals surface area contributed by atoms with Crippen molar-refractivity contribution in [2.75, 3.05) is 31.0 Å². The Balaban J connectivity index is 1.21. The highest BCUT2D eigenvalue weighted by molar-refractivity contribution is 14.1. The number of phenolic OH excluding ortho intramolecular Hbond substituents is 1. The molecule has 0 spiro atoms. The first kappa shape index (κ1) is 32.6. The van der Waals surface area contributed by atoms with Gasteiger partial charge in [-0.1, -0.05) is 11.6 Å². The number of anilines is 2. The third-order valence-corrected chi connectivity index (χ3v) is 10.7. The van der Waals surface area contributed by atoms with Crippen LogP contribution in [0.3, 0.4) is 0 Å². The van der Waals surface area contributed by atoms with Crippen LogP contribution in [0.15, 0.2) is 105 Å². The summed E-state index contributed by atoms with van der Waals surface area (Å²) in [5.74, 6) is -3.31. The number of aromatic hydroxyl groups is 1. The summed E-state index contributed by atoms with van der Waals surface area (Å²) in [5, 5.41) is 19.2. The number of benzene rings is 3. The van der Waals surface area contributed by atoms with Gasteiger partial charge in [0.2, 0.25) is 11.8 Å².